The van der Waals surface area contributed by atoms with E-state index in [0.717, 1.165) is 5.56 Å². The van der Waals surface area contributed by atoms with Crippen LogP contribution in [0.4, 0.5) is 0 Å². The number of esters is 1. The average Bonchev–Trinajstić information content (AvgIpc) is 3.74. The highest BCUT2D eigenvalue weighted by atomic mass is 16.6. The molecule has 2 aromatic carbocycles. The van der Waals surface area contributed by atoms with Crippen LogP contribution in [0.25, 0.3) is 0 Å². The molecule has 254 valence electrons. The van der Waals surface area contributed by atoms with Crippen LogP contribution in [0.15, 0.2) is 85.0 Å². The van der Waals surface area contributed by atoms with Crippen molar-refractivity contribution in [1.29, 1.82) is 0 Å². The number of hydrogen-bond acceptors (Lipinski definition) is 7. The van der Waals surface area contributed by atoms with Crippen LogP contribution in [0.5, 0.6) is 0 Å². The molecule has 1 spiro atoms. The van der Waals surface area contributed by atoms with Crippen LogP contribution >= 0.6 is 0 Å². The van der Waals surface area contributed by atoms with Gasteiger partial charge in [-0.15, -0.1) is 0 Å². The summed E-state index contributed by atoms with van der Waals surface area (Å²) in [6.45, 7) is 5.53. The zero-order chi connectivity index (χ0) is 34.2. The Morgan fingerprint density at radius 3 is 2.31 bits per heavy atom. The number of rotatable bonds is 6. The molecule has 10 nitrogen and oxygen atoms in total. The molecular weight excluding hydrogens is 610 g/mol. The van der Waals surface area contributed by atoms with E-state index in [-0.39, 0.29) is 37.4 Å². The summed E-state index contributed by atoms with van der Waals surface area (Å²) in [6.07, 6.45) is 6.73. The summed E-state index contributed by atoms with van der Waals surface area (Å²) in [4.78, 5) is 62.0. The Kier molecular flexibility index (Phi) is 9.58. The van der Waals surface area contributed by atoms with Gasteiger partial charge in [-0.25, -0.2) is 0 Å². The van der Waals surface area contributed by atoms with Crippen LogP contribution in [-0.4, -0.2) is 99.6 Å². The minimum absolute atomic E-state index is 0.103. The Bertz CT molecular complexity index is 1580. The molecule has 0 aliphatic carbocycles. The van der Waals surface area contributed by atoms with Crippen molar-refractivity contribution in [3.05, 3.63) is 96.1 Å². The molecule has 0 radical (unpaired) electrons. The van der Waals surface area contributed by atoms with E-state index in [1.807, 2.05) is 93.6 Å². The van der Waals surface area contributed by atoms with E-state index in [9.17, 15) is 24.3 Å². The Labute approximate surface area is 282 Å². The van der Waals surface area contributed by atoms with Crippen LogP contribution in [0.1, 0.15) is 50.8 Å². The monoisotopic (exact) mass is 655 g/mol. The molecule has 4 aliphatic rings. The van der Waals surface area contributed by atoms with Crippen LogP contribution in [0, 0.1) is 11.8 Å². The number of aliphatic hydroxyl groups is 1. The van der Waals surface area contributed by atoms with E-state index < -0.39 is 59.6 Å². The summed E-state index contributed by atoms with van der Waals surface area (Å²) in [5, 5.41) is 10.8. The quantitative estimate of drug-likeness (QED) is 0.375. The van der Waals surface area contributed by atoms with Crippen molar-refractivity contribution in [2.45, 2.75) is 82.0 Å². The zero-order valence-electron chi connectivity index (χ0n) is 28.0. The topological polar surface area (TPSA) is 117 Å². The van der Waals surface area contributed by atoms with E-state index in [1.54, 1.807) is 29.0 Å². The molecular formula is C38H45N3O7. The first-order valence-corrected chi connectivity index (χ1v) is 16.9. The van der Waals surface area contributed by atoms with Crippen molar-refractivity contribution in [2.75, 3.05) is 20.2 Å². The second kappa shape index (κ2) is 13.7. The first kappa shape index (κ1) is 33.6. The van der Waals surface area contributed by atoms with Gasteiger partial charge < -0.3 is 29.3 Å². The molecule has 1 N–H and O–H groups in total. The largest absolute Gasteiger partial charge is 0.455 e. The van der Waals surface area contributed by atoms with Gasteiger partial charge in [-0.1, -0.05) is 85.0 Å². The fraction of sp³-hybridized carbons (Fsp3) is 0.474. The summed E-state index contributed by atoms with van der Waals surface area (Å²) >= 11 is 0. The smallest absolute Gasteiger partial charge is 0.313 e. The van der Waals surface area contributed by atoms with Crippen molar-refractivity contribution in [2.24, 2.45) is 11.8 Å². The van der Waals surface area contributed by atoms with Crippen molar-refractivity contribution < 1.29 is 33.8 Å². The molecule has 5 bridgehead atoms. The van der Waals surface area contributed by atoms with Crippen LogP contribution in [0.2, 0.25) is 0 Å². The molecule has 10 heteroatoms. The lowest BCUT2D eigenvalue weighted by atomic mass is 9.74. The molecule has 0 unspecified atom stereocenters. The van der Waals surface area contributed by atoms with Crippen LogP contribution in [-0.2, 0) is 35.1 Å². The molecule has 3 amide bonds. The summed E-state index contributed by atoms with van der Waals surface area (Å²) in [5.41, 5.74) is 0.199. The molecule has 6 rings (SSSR count). The van der Waals surface area contributed by atoms with Crippen molar-refractivity contribution in [1.82, 2.24) is 14.7 Å². The molecule has 4 heterocycles. The number of carbonyl (C=O) groups is 4. The Morgan fingerprint density at radius 1 is 0.958 bits per heavy atom. The minimum Gasteiger partial charge on any atom is -0.455 e. The molecule has 8 atom stereocenters. The number of likely N-dealkylation sites (N-methyl/N-ethyl adjacent to an activating group) is 1. The fourth-order valence-electron chi connectivity index (χ4n) is 7.81. The zero-order valence-corrected chi connectivity index (χ0v) is 28.0. The molecule has 4 aliphatic heterocycles. The Hall–Kier alpha value is -4.28. The maximum Gasteiger partial charge on any atom is 0.313 e. The number of ether oxygens (including phenoxy) is 2. The van der Waals surface area contributed by atoms with Gasteiger partial charge in [0, 0.05) is 26.1 Å². The van der Waals surface area contributed by atoms with Gasteiger partial charge in [0.2, 0.25) is 17.7 Å². The highest BCUT2D eigenvalue weighted by Crippen LogP contribution is 2.56. The summed E-state index contributed by atoms with van der Waals surface area (Å²) in [6, 6.07) is 16.2. The van der Waals surface area contributed by atoms with Gasteiger partial charge >= 0.3 is 5.97 Å². The van der Waals surface area contributed by atoms with Gasteiger partial charge in [0.25, 0.3) is 0 Å². The summed E-state index contributed by atoms with van der Waals surface area (Å²) < 4.78 is 12.9. The normalized spacial score (nSPS) is 32.2. The number of carbonyl (C=O) groups excluding carboxylic acids is 4. The van der Waals surface area contributed by atoms with E-state index in [1.165, 1.54) is 4.90 Å². The highest BCUT2D eigenvalue weighted by molar-refractivity contribution is 5.99. The van der Waals surface area contributed by atoms with E-state index in [2.05, 4.69) is 0 Å². The second-order valence-corrected chi connectivity index (χ2v) is 13.6. The molecule has 0 aromatic heterocycles. The van der Waals surface area contributed by atoms with Gasteiger partial charge in [-0.3, -0.25) is 19.2 Å². The van der Waals surface area contributed by atoms with Gasteiger partial charge in [0.15, 0.2) is 0 Å². The highest BCUT2D eigenvalue weighted by Gasteiger charge is 2.74. The van der Waals surface area contributed by atoms with Crippen LogP contribution in [0.3, 0.4) is 0 Å². The molecule has 0 saturated carbocycles. The number of cyclic esters (lactones) is 1. The third kappa shape index (κ3) is 5.85. The van der Waals surface area contributed by atoms with Gasteiger partial charge in [0.1, 0.15) is 23.7 Å². The van der Waals surface area contributed by atoms with E-state index >= 15 is 0 Å². The number of benzene rings is 2. The standard InChI is InChI=1S/C38H45N3O7/c1-24(2)40-21-13-7-12-18-30(43)39(4)25(3)33(27-16-10-6-11-17-27)47-37(46)31-29-19-20-38(48-29)32(31)35(44)41(34(38)36(40)45)28(23-42)22-26-14-8-5-9-15-26/h5-11,13-17,19-20,24-25,28-29,31-34,42H,12,18,21-23H2,1-4H3/b13-7-/t25-,28-,29+,31-,32-,33+,34+,38-/m1/s1. The fourth-order valence-corrected chi connectivity index (χ4v) is 7.81. The minimum atomic E-state index is -1.42. The maximum atomic E-state index is 14.8. The molecule has 2 saturated heterocycles. The SMILES string of the molecule is CC(C)N1C/C=C\CCC(=O)N(C)[C@H](C)[C@@H](c2ccccc2)OC(=O)[C@@H]2[C@@H]3C=C[C@]4(O3)[C@H](C1=O)N([C@@H](CO)Cc1ccccc1)C(=O)[C@@H]24. The number of likely N-dealkylation sites (tertiary alicyclic amines) is 1. The summed E-state index contributed by atoms with van der Waals surface area (Å²) in [5.74, 6) is -3.55. The third-order valence-electron chi connectivity index (χ3n) is 10.4. The first-order valence-electron chi connectivity index (χ1n) is 16.9. The number of allylic oxidation sites excluding steroid dienone is 1. The van der Waals surface area contributed by atoms with Crippen molar-refractivity contribution in [3.8, 4) is 0 Å². The van der Waals surface area contributed by atoms with Crippen LogP contribution < -0.4 is 0 Å². The number of hydrogen-bond donors (Lipinski definition) is 1. The van der Waals surface area contributed by atoms with Gasteiger partial charge in [0.05, 0.1) is 30.7 Å². The van der Waals surface area contributed by atoms with Crippen molar-refractivity contribution >= 4 is 23.7 Å². The summed E-state index contributed by atoms with van der Waals surface area (Å²) in [7, 11) is 1.71. The Balaban J connectivity index is 1.46. The predicted octanol–water partition coefficient (Wildman–Crippen LogP) is 3.46. The lowest BCUT2D eigenvalue weighted by Gasteiger charge is -2.40. The number of fused-ring (bicyclic) bond motifs is 2. The lowest BCUT2D eigenvalue weighted by molar-refractivity contribution is -0.164. The second-order valence-electron chi connectivity index (χ2n) is 13.6. The van der Waals surface area contributed by atoms with Gasteiger partial charge in [-0.2, -0.15) is 0 Å². The average molecular weight is 656 g/mol. The van der Waals surface area contributed by atoms with Crippen molar-refractivity contribution in [3.63, 3.8) is 0 Å². The third-order valence-corrected chi connectivity index (χ3v) is 10.4. The maximum absolute atomic E-state index is 14.8. The van der Waals surface area contributed by atoms with Gasteiger partial charge in [-0.05, 0) is 44.7 Å². The Morgan fingerprint density at radius 2 is 1.65 bits per heavy atom. The number of amides is 3. The predicted molar refractivity (Wildman–Crippen MR) is 178 cm³/mol. The first-order chi connectivity index (χ1) is 23.1. The molecule has 2 aromatic rings. The molecule has 48 heavy (non-hydrogen) atoms. The lowest BCUT2D eigenvalue weighted by Crippen LogP contribution is -2.59. The number of aliphatic hydroxyl groups excluding tert-OH is 1. The van der Waals surface area contributed by atoms with E-state index in [4.69, 9.17) is 9.47 Å². The number of nitrogens with zero attached hydrogens (tertiary/aromatic N) is 3. The van der Waals surface area contributed by atoms with E-state index in [0.29, 0.717) is 18.4 Å². The molecule has 2 fully saturated rings.